The van der Waals surface area contributed by atoms with E-state index in [1.807, 2.05) is 19.1 Å². The topological polar surface area (TPSA) is 62.4 Å². The van der Waals surface area contributed by atoms with E-state index in [0.717, 1.165) is 11.3 Å². The number of hydrogen-bond acceptors (Lipinski definition) is 2. The first kappa shape index (κ1) is 10.8. The molecule has 14 heavy (non-hydrogen) atoms. The summed E-state index contributed by atoms with van der Waals surface area (Å²) < 4.78 is 0. The van der Waals surface area contributed by atoms with Crippen LogP contribution in [0.3, 0.4) is 0 Å². The van der Waals surface area contributed by atoms with Gasteiger partial charge in [0, 0.05) is 17.8 Å². The van der Waals surface area contributed by atoms with Gasteiger partial charge < -0.3 is 5.32 Å². The van der Waals surface area contributed by atoms with Crippen LogP contribution in [0.5, 0.6) is 0 Å². The van der Waals surface area contributed by atoms with Crippen LogP contribution in [0.2, 0.25) is 5.02 Å². The molecule has 0 aliphatic heterocycles. The van der Waals surface area contributed by atoms with Crippen LogP contribution in [0.4, 0.5) is 5.69 Å². The number of anilines is 1. The van der Waals surface area contributed by atoms with Gasteiger partial charge in [0.2, 0.25) is 5.96 Å². The molecule has 0 aromatic heterocycles. The number of nitrogens with two attached hydrogens (primary N) is 1. The zero-order valence-corrected chi connectivity index (χ0v) is 8.89. The van der Waals surface area contributed by atoms with Crippen LogP contribution in [-0.2, 0) is 0 Å². The van der Waals surface area contributed by atoms with E-state index < -0.39 is 0 Å². The van der Waals surface area contributed by atoms with Crippen LogP contribution in [-0.4, -0.2) is 13.0 Å². The van der Waals surface area contributed by atoms with Gasteiger partial charge in [-0.1, -0.05) is 11.6 Å². The molecular formula is C9H13ClN4. The standard InChI is InChI=1S/C9H13ClN4/c1-6-5-7(10)3-4-8(6)13-9(12-2)14-11/h3-5H,11H2,1-2H3,(H2,12,13,14). The van der Waals surface area contributed by atoms with E-state index in [0.29, 0.717) is 11.0 Å². The van der Waals surface area contributed by atoms with Gasteiger partial charge in [-0.05, 0) is 30.7 Å². The number of nitrogens with one attached hydrogen (secondary N) is 2. The number of guanidine groups is 1. The van der Waals surface area contributed by atoms with E-state index in [4.69, 9.17) is 17.4 Å². The fraction of sp³-hybridized carbons (Fsp3) is 0.222. The Morgan fingerprint density at radius 2 is 2.21 bits per heavy atom. The average Bonchev–Trinajstić information content (AvgIpc) is 2.17. The number of hydrazine groups is 1. The normalized spacial score (nSPS) is 11.3. The molecule has 4 nitrogen and oxygen atoms in total. The number of hydrogen-bond donors (Lipinski definition) is 3. The number of aliphatic imine (C=N–C) groups is 1. The Labute approximate surface area is 88.1 Å². The van der Waals surface area contributed by atoms with Gasteiger partial charge in [0.25, 0.3) is 0 Å². The summed E-state index contributed by atoms with van der Waals surface area (Å²) in [5.41, 5.74) is 4.41. The van der Waals surface area contributed by atoms with Crippen LogP contribution < -0.4 is 16.6 Å². The lowest BCUT2D eigenvalue weighted by atomic mass is 10.2. The lowest BCUT2D eigenvalue weighted by molar-refractivity contribution is 1.01. The third-order valence-electron chi connectivity index (χ3n) is 1.80. The van der Waals surface area contributed by atoms with Crippen molar-refractivity contribution in [3.05, 3.63) is 28.8 Å². The van der Waals surface area contributed by atoms with Crippen LogP contribution in [0.15, 0.2) is 23.2 Å². The molecule has 0 aliphatic carbocycles. The van der Waals surface area contributed by atoms with Gasteiger partial charge in [0.05, 0.1) is 0 Å². The second-order valence-corrected chi connectivity index (χ2v) is 3.24. The molecule has 0 atom stereocenters. The smallest absolute Gasteiger partial charge is 0.209 e. The van der Waals surface area contributed by atoms with Gasteiger partial charge in [0.1, 0.15) is 0 Å². The maximum absolute atomic E-state index is 5.82. The predicted octanol–water partition coefficient (Wildman–Crippen LogP) is 1.51. The van der Waals surface area contributed by atoms with E-state index in [1.54, 1.807) is 13.1 Å². The number of nitrogens with zero attached hydrogens (tertiary/aromatic N) is 1. The van der Waals surface area contributed by atoms with Crippen LogP contribution >= 0.6 is 11.6 Å². The highest BCUT2D eigenvalue weighted by Crippen LogP contribution is 2.19. The highest BCUT2D eigenvalue weighted by Gasteiger charge is 2.00. The zero-order chi connectivity index (χ0) is 10.6. The van der Waals surface area contributed by atoms with Crippen LogP contribution in [0.25, 0.3) is 0 Å². The quantitative estimate of drug-likeness (QED) is 0.286. The summed E-state index contributed by atoms with van der Waals surface area (Å²) in [4.78, 5) is 3.90. The lowest BCUT2D eigenvalue weighted by Crippen LogP contribution is -2.36. The van der Waals surface area contributed by atoms with Crippen molar-refractivity contribution in [1.82, 2.24) is 5.43 Å². The molecule has 0 saturated carbocycles. The second-order valence-electron chi connectivity index (χ2n) is 2.80. The van der Waals surface area contributed by atoms with E-state index in [-0.39, 0.29) is 0 Å². The maximum atomic E-state index is 5.82. The fourth-order valence-corrected chi connectivity index (χ4v) is 1.28. The monoisotopic (exact) mass is 212 g/mol. The molecule has 0 saturated heterocycles. The Hall–Kier alpha value is -1.26. The molecule has 0 fully saturated rings. The third-order valence-corrected chi connectivity index (χ3v) is 2.04. The number of aryl methyl sites for hydroxylation is 1. The van der Waals surface area contributed by atoms with Gasteiger partial charge in [-0.3, -0.25) is 10.4 Å². The number of rotatable bonds is 1. The van der Waals surface area contributed by atoms with Crippen molar-refractivity contribution in [3.8, 4) is 0 Å². The van der Waals surface area contributed by atoms with Crippen molar-refractivity contribution in [2.75, 3.05) is 12.4 Å². The summed E-state index contributed by atoms with van der Waals surface area (Å²) in [5, 5.41) is 3.74. The Kier molecular flexibility index (Phi) is 3.73. The van der Waals surface area contributed by atoms with Crippen molar-refractivity contribution < 1.29 is 0 Å². The van der Waals surface area contributed by atoms with Crippen molar-refractivity contribution in [1.29, 1.82) is 0 Å². The molecule has 76 valence electrons. The molecule has 1 aromatic rings. The van der Waals surface area contributed by atoms with E-state index in [9.17, 15) is 0 Å². The number of halogens is 1. The Bertz CT molecular complexity index is 349. The summed E-state index contributed by atoms with van der Waals surface area (Å²) in [6, 6.07) is 5.55. The van der Waals surface area contributed by atoms with Crippen molar-refractivity contribution in [2.24, 2.45) is 10.8 Å². The predicted molar refractivity (Wildman–Crippen MR) is 60.5 cm³/mol. The summed E-state index contributed by atoms with van der Waals surface area (Å²) in [5.74, 6) is 5.75. The first-order valence-electron chi connectivity index (χ1n) is 4.14. The van der Waals surface area contributed by atoms with E-state index >= 15 is 0 Å². The zero-order valence-electron chi connectivity index (χ0n) is 8.13. The third kappa shape index (κ3) is 2.61. The molecule has 0 unspecified atom stereocenters. The molecule has 5 heteroatoms. The minimum atomic E-state index is 0.510. The van der Waals surface area contributed by atoms with Crippen LogP contribution in [0, 0.1) is 6.92 Å². The average molecular weight is 213 g/mol. The van der Waals surface area contributed by atoms with Crippen LogP contribution in [0.1, 0.15) is 5.56 Å². The molecule has 1 rings (SSSR count). The highest BCUT2D eigenvalue weighted by atomic mass is 35.5. The van der Waals surface area contributed by atoms with Crippen molar-refractivity contribution in [2.45, 2.75) is 6.92 Å². The Balaban J connectivity index is 2.87. The lowest BCUT2D eigenvalue weighted by Gasteiger charge is -2.10. The minimum Gasteiger partial charge on any atom is -0.325 e. The summed E-state index contributed by atoms with van der Waals surface area (Å²) in [7, 11) is 1.65. The first-order chi connectivity index (χ1) is 6.67. The SMILES string of the molecule is CN=C(NN)Nc1ccc(Cl)cc1C. The molecule has 0 heterocycles. The van der Waals surface area contributed by atoms with Gasteiger partial charge >= 0.3 is 0 Å². The van der Waals surface area contributed by atoms with Crippen molar-refractivity contribution in [3.63, 3.8) is 0 Å². The van der Waals surface area contributed by atoms with E-state index in [1.165, 1.54) is 0 Å². The van der Waals surface area contributed by atoms with Gasteiger partial charge in [-0.25, -0.2) is 5.84 Å². The summed E-state index contributed by atoms with van der Waals surface area (Å²) in [6.07, 6.45) is 0. The first-order valence-corrected chi connectivity index (χ1v) is 4.51. The largest absolute Gasteiger partial charge is 0.325 e. The van der Waals surface area contributed by atoms with E-state index in [2.05, 4.69) is 15.7 Å². The fourth-order valence-electron chi connectivity index (χ4n) is 1.05. The number of benzene rings is 1. The van der Waals surface area contributed by atoms with Gasteiger partial charge in [-0.15, -0.1) is 0 Å². The summed E-state index contributed by atoms with van der Waals surface area (Å²) >= 11 is 5.82. The van der Waals surface area contributed by atoms with Gasteiger partial charge in [-0.2, -0.15) is 0 Å². The molecule has 0 bridgehead atoms. The second kappa shape index (κ2) is 4.83. The summed E-state index contributed by atoms with van der Waals surface area (Å²) in [6.45, 7) is 1.96. The molecule has 1 aromatic carbocycles. The Morgan fingerprint density at radius 1 is 1.50 bits per heavy atom. The van der Waals surface area contributed by atoms with Gasteiger partial charge in [0.15, 0.2) is 0 Å². The molecule has 0 spiro atoms. The molecule has 4 N–H and O–H groups in total. The Morgan fingerprint density at radius 3 is 2.71 bits per heavy atom. The maximum Gasteiger partial charge on any atom is 0.209 e. The molecule has 0 aliphatic rings. The highest BCUT2D eigenvalue weighted by molar-refractivity contribution is 6.30. The molecule has 0 amide bonds. The molecular weight excluding hydrogens is 200 g/mol. The minimum absolute atomic E-state index is 0.510. The van der Waals surface area contributed by atoms with Crippen molar-refractivity contribution >= 4 is 23.2 Å². The molecule has 0 radical (unpaired) electrons.